The van der Waals surface area contributed by atoms with Crippen LogP contribution in [-0.2, 0) is 9.84 Å². The van der Waals surface area contributed by atoms with Gasteiger partial charge in [-0.2, -0.15) is 4.37 Å². The van der Waals surface area contributed by atoms with E-state index >= 15 is 0 Å². The minimum absolute atomic E-state index is 0.111. The van der Waals surface area contributed by atoms with Crippen molar-refractivity contribution in [1.29, 1.82) is 0 Å². The Hall–Kier alpha value is -0.820. The van der Waals surface area contributed by atoms with Crippen LogP contribution in [0.3, 0.4) is 0 Å². The molecular formula is C14H27N3O2S2. The first-order valence-corrected chi connectivity index (χ1v) is 9.84. The molecule has 2 N–H and O–H groups in total. The van der Waals surface area contributed by atoms with E-state index in [0.717, 1.165) is 13.1 Å². The summed E-state index contributed by atoms with van der Waals surface area (Å²) < 4.78 is 29.0. The largest absolute Gasteiger partial charge is 0.382 e. The fraction of sp³-hybridized carbons (Fsp3) is 0.786. The molecule has 0 aliphatic heterocycles. The van der Waals surface area contributed by atoms with Crippen LogP contribution < -0.4 is 10.6 Å². The molecule has 0 aliphatic carbocycles. The van der Waals surface area contributed by atoms with Gasteiger partial charge in [0.1, 0.15) is 9.90 Å². The lowest BCUT2D eigenvalue weighted by atomic mass is 10.1. The van der Waals surface area contributed by atoms with Crippen LogP contribution in [0.2, 0.25) is 0 Å². The summed E-state index contributed by atoms with van der Waals surface area (Å²) in [6.45, 7) is 11.9. The number of anilines is 2. The van der Waals surface area contributed by atoms with Crippen LogP contribution in [0.15, 0.2) is 4.90 Å². The number of sulfone groups is 1. The summed E-state index contributed by atoms with van der Waals surface area (Å²) in [5.41, 5.74) is 5.85. The normalized spacial score (nSPS) is 12.3. The van der Waals surface area contributed by atoms with Crippen LogP contribution in [0.5, 0.6) is 0 Å². The maximum Gasteiger partial charge on any atom is 0.185 e. The third-order valence-electron chi connectivity index (χ3n) is 2.90. The number of nitrogens with two attached hydrogens (primary N) is 1. The van der Waals surface area contributed by atoms with E-state index < -0.39 is 9.84 Å². The number of nitrogen functional groups attached to an aromatic ring is 1. The molecule has 0 fully saturated rings. The fourth-order valence-corrected chi connectivity index (χ4v) is 5.05. The minimum Gasteiger partial charge on any atom is -0.382 e. The molecule has 0 amide bonds. The molecule has 0 saturated heterocycles. The van der Waals surface area contributed by atoms with Gasteiger partial charge in [0.05, 0.1) is 5.75 Å². The molecule has 0 atom stereocenters. The van der Waals surface area contributed by atoms with Crippen molar-refractivity contribution < 1.29 is 8.42 Å². The summed E-state index contributed by atoms with van der Waals surface area (Å²) in [5.74, 6) is 1.13. The predicted octanol–water partition coefficient (Wildman–Crippen LogP) is 3.03. The Kier molecular flexibility index (Phi) is 6.46. The van der Waals surface area contributed by atoms with Crippen LogP contribution in [0.4, 0.5) is 10.8 Å². The first kappa shape index (κ1) is 18.2. The highest BCUT2D eigenvalue weighted by Crippen LogP contribution is 2.36. The summed E-state index contributed by atoms with van der Waals surface area (Å²) in [7, 11) is -3.36. The average molecular weight is 334 g/mol. The zero-order valence-electron chi connectivity index (χ0n) is 13.6. The van der Waals surface area contributed by atoms with E-state index in [-0.39, 0.29) is 16.5 Å². The summed E-state index contributed by atoms with van der Waals surface area (Å²) in [5, 5.41) is 0.698. The number of aromatic nitrogens is 1. The Balaban J connectivity index is 3.27. The second-order valence-electron chi connectivity index (χ2n) is 6.21. The monoisotopic (exact) mass is 333 g/mol. The molecule has 1 rings (SSSR count). The van der Waals surface area contributed by atoms with Gasteiger partial charge < -0.3 is 10.6 Å². The summed E-state index contributed by atoms with van der Waals surface area (Å²) >= 11 is 1.19. The van der Waals surface area contributed by atoms with Crippen LogP contribution >= 0.6 is 11.5 Å². The molecule has 21 heavy (non-hydrogen) atoms. The Labute approximate surface area is 132 Å². The van der Waals surface area contributed by atoms with Crippen LogP contribution in [0.25, 0.3) is 0 Å². The molecule has 0 aliphatic rings. The highest BCUT2D eigenvalue weighted by Gasteiger charge is 2.28. The van der Waals surface area contributed by atoms with E-state index in [1.807, 2.05) is 6.92 Å². The highest BCUT2D eigenvalue weighted by atomic mass is 32.2. The second kappa shape index (κ2) is 7.45. The van der Waals surface area contributed by atoms with Crippen molar-refractivity contribution in [2.75, 3.05) is 29.5 Å². The molecule has 1 aromatic heterocycles. The van der Waals surface area contributed by atoms with E-state index in [1.54, 1.807) is 0 Å². The van der Waals surface area contributed by atoms with Crippen molar-refractivity contribution in [2.45, 2.75) is 45.9 Å². The van der Waals surface area contributed by atoms with Crippen molar-refractivity contribution in [3.05, 3.63) is 0 Å². The quantitative estimate of drug-likeness (QED) is 0.791. The maximum absolute atomic E-state index is 12.5. The smallest absolute Gasteiger partial charge is 0.185 e. The standard InChI is InChI=1S/C14H27N3O2S2/c1-6-7-21(18,19)12-13(15)16-20-14(12)17(8-10(2)3)9-11(4)5/h10-11H,6-9H2,1-5H3,(H2,15,16). The molecule has 1 aromatic rings. The van der Waals surface area contributed by atoms with E-state index in [4.69, 9.17) is 5.73 Å². The minimum atomic E-state index is -3.36. The molecule has 0 bridgehead atoms. The molecular weight excluding hydrogens is 306 g/mol. The molecule has 7 heteroatoms. The zero-order chi connectivity index (χ0) is 16.2. The molecule has 0 unspecified atom stereocenters. The van der Waals surface area contributed by atoms with Gasteiger partial charge in [-0.3, -0.25) is 0 Å². The van der Waals surface area contributed by atoms with Crippen molar-refractivity contribution in [2.24, 2.45) is 11.8 Å². The Bertz CT molecular complexity index is 541. The van der Waals surface area contributed by atoms with Gasteiger partial charge in [0.2, 0.25) is 0 Å². The summed E-state index contributed by atoms with van der Waals surface area (Å²) in [6.07, 6.45) is 0.575. The summed E-state index contributed by atoms with van der Waals surface area (Å²) in [6, 6.07) is 0. The van der Waals surface area contributed by atoms with Gasteiger partial charge >= 0.3 is 0 Å². The lowest BCUT2D eigenvalue weighted by Gasteiger charge is -2.27. The van der Waals surface area contributed by atoms with Crippen LogP contribution in [0.1, 0.15) is 41.0 Å². The first-order valence-electron chi connectivity index (χ1n) is 7.41. The Morgan fingerprint density at radius 3 is 2.14 bits per heavy atom. The zero-order valence-corrected chi connectivity index (χ0v) is 15.2. The van der Waals surface area contributed by atoms with Gasteiger partial charge in [0.25, 0.3) is 0 Å². The predicted molar refractivity (Wildman–Crippen MR) is 90.8 cm³/mol. The van der Waals surface area contributed by atoms with Crippen LogP contribution in [-0.4, -0.2) is 31.6 Å². The van der Waals surface area contributed by atoms with Gasteiger partial charge in [-0.1, -0.05) is 34.6 Å². The van der Waals surface area contributed by atoms with E-state index in [0.29, 0.717) is 23.3 Å². The number of hydrogen-bond donors (Lipinski definition) is 1. The lowest BCUT2D eigenvalue weighted by Crippen LogP contribution is -2.31. The van der Waals surface area contributed by atoms with Gasteiger partial charge in [0.15, 0.2) is 15.7 Å². The molecule has 0 aromatic carbocycles. The third kappa shape index (κ3) is 4.85. The Morgan fingerprint density at radius 1 is 1.19 bits per heavy atom. The third-order valence-corrected chi connectivity index (χ3v) is 5.92. The molecule has 122 valence electrons. The van der Waals surface area contributed by atoms with E-state index in [2.05, 4.69) is 37.0 Å². The Morgan fingerprint density at radius 2 is 1.71 bits per heavy atom. The van der Waals surface area contributed by atoms with Crippen molar-refractivity contribution in [3.63, 3.8) is 0 Å². The SMILES string of the molecule is CCCS(=O)(=O)c1c(N)nsc1N(CC(C)C)CC(C)C. The number of hydrogen-bond acceptors (Lipinski definition) is 6. The van der Waals surface area contributed by atoms with Crippen molar-refractivity contribution in [1.82, 2.24) is 4.37 Å². The van der Waals surface area contributed by atoms with E-state index in [9.17, 15) is 8.42 Å². The second-order valence-corrected chi connectivity index (χ2v) is 9.01. The van der Waals surface area contributed by atoms with Crippen molar-refractivity contribution in [3.8, 4) is 0 Å². The molecule has 0 radical (unpaired) electrons. The average Bonchev–Trinajstić information content (AvgIpc) is 2.69. The first-order chi connectivity index (χ1) is 9.69. The van der Waals surface area contributed by atoms with Crippen LogP contribution in [0, 0.1) is 11.8 Å². The van der Waals surface area contributed by atoms with Gasteiger partial charge in [-0.15, -0.1) is 0 Å². The molecule has 5 nitrogen and oxygen atoms in total. The fourth-order valence-electron chi connectivity index (χ4n) is 2.27. The van der Waals surface area contributed by atoms with Gasteiger partial charge in [0, 0.05) is 13.1 Å². The summed E-state index contributed by atoms with van der Waals surface area (Å²) in [4.78, 5) is 2.35. The molecule has 0 saturated carbocycles. The number of rotatable bonds is 8. The van der Waals surface area contributed by atoms with Gasteiger partial charge in [-0.25, -0.2) is 8.42 Å². The topological polar surface area (TPSA) is 76.3 Å². The van der Waals surface area contributed by atoms with Gasteiger partial charge in [-0.05, 0) is 29.8 Å². The number of nitrogens with zero attached hydrogens (tertiary/aromatic N) is 2. The molecule has 0 spiro atoms. The highest BCUT2D eigenvalue weighted by molar-refractivity contribution is 7.91. The lowest BCUT2D eigenvalue weighted by molar-refractivity contribution is 0.551. The van der Waals surface area contributed by atoms with E-state index in [1.165, 1.54) is 11.5 Å². The van der Waals surface area contributed by atoms with Crippen molar-refractivity contribution >= 4 is 32.2 Å². The molecule has 1 heterocycles. The maximum atomic E-state index is 12.5.